The van der Waals surface area contributed by atoms with E-state index in [-0.39, 0.29) is 17.9 Å². The van der Waals surface area contributed by atoms with Crippen molar-refractivity contribution in [2.75, 3.05) is 13.1 Å². The van der Waals surface area contributed by atoms with E-state index < -0.39 is 0 Å². The molecule has 1 aromatic carbocycles. The number of nitrogens with one attached hydrogen (secondary N) is 1. The molecule has 1 N–H and O–H groups in total. The number of likely N-dealkylation sites (tertiary alicyclic amines) is 1. The lowest BCUT2D eigenvalue weighted by molar-refractivity contribution is -0.131. The van der Waals surface area contributed by atoms with Gasteiger partial charge in [0.25, 0.3) is 5.91 Å². The molecule has 1 aliphatic heterocycles. The van der Waals surface area contributed by atoms with Crippen LogP contribution in [0.3, 0.4) is 0 Å². The van der Waals surface area contributed by atoms with Crippen molar-refractivity contribution in [3.8, 4) is 0 Å². The molecule has 0 radical (unpaired) electrons. The van der Waals surface area contributed by atoms with E-state index in [0.29, 0.717) is 35.1 Å². The Bertz CT molecular complexity index is 756. The molecule has 3 rings (SSSR count). The molecule has 0 atom stereocenters. The minimum atomic E-state index is -0.0400. The van der Waals surface area contributed by atoms with Crippen molar-refractivity contribution >= 4 is 46.4 Å². The number of halogens is 2. The monoisotopic (exact) mass is 396 g/mol. The zero-order chi connectivity index (χ0) is 17.8. The maximum absolute atomic E-state index is 12.4. The van der Waals surface area contributed by atoms with Gasteiger partial charge in [-0.25, -0.2) is 0 Å². The number of nitrogens with zero attached hydrogens (tertiary/aromatic N) is 1. The summed E-state index contributed by atoms with van der Waals surface area (Å²) < 4.78 is 0. The van der Waals surface area contributed by atoms with Crippen LogP contribution in [0.1, 0.15) is 28.8 Å². The van der Waals surface area contributed by atoms with Gasteiger partial charge in [0.1, 0.15) is 0 Å². The van der Waals surface area contributed by atoms with Crippen molar-refractivity contribution in [2.45, 2.75) is 25.3 Å². The van der Waals surface area contributed by atoms with Crippen molar-refractivity contribution in [3.05, 3.63) is 56.2 Å². The normalized spacial score (nSPS) is 15.2. The van der Waals surface area contributed by atoms with Crippen LogP contribution in [0.2, 0.25) is 10.0 Å². The lowest BCUT2D eigenvalue weighted by atomic mass is 10.0. The zero-order valence-corrected chi connectivity index (χ0v) is 15.8. The summed E-state index contributed by atoms with van der Waals surface area (Å²) in [5.41, 5.74) is 1.55. The Kier molecular flexibility index (Phi) is 5.99. The molecule has 0 unspecified atom stereocenters. The summed E-state index contributed by atoms with van der Waals surface area (Å²) in [5, 5.41) is 7.71. The summed E-state index contributed by atoms with van der Waals surface area (Å²) in [4.78, 5) is 26.4. The van der Waals surface area contributed by atoms with Crippen molar-refractivity contribution in [1.82, 2.24) is 10.2 Å². The van der Waals surface area contributed by atoms with Crippen LogP contribution in [0.5, 0.6) is 0 Å². The van der Waals surface area contributed by atoms with E-state index in [9.17, 15) is 9.59 Å². The first-order valence-electron chi connectivity index (χ1n) is 8.07. The molecule has 25 heavy (non-hydrogen) atoms. The van der Waals surface area contributed by atoms with E-state index in [2.05, 4.69) is 5.32 Å². The molecule has 0 spiro atoms. The summed E-state index contributed by atoms with van der Waals surface area (Å²) in [5.74, 6) is 0.0304. The SMILES string of the molecule is O=C(NC1CCN(C(=O)Cc2ccc(Cl)c(Cl)c2)CC1)c1ccsc1. The molecule has 2 amide bonds. The van der Waals surface area contributed by atoms with E-state index >= 15 is 0 Å². The number of hydrogen-bond acceptors (Lipinski definition) is 3. The van der Waals surface area contributed by atoms with Gasteiger partial charge < -0.3 is 10.2 Å². The van der Waals surface area contributed by atoms with Crippen LogP contribution in [0, 0.1) is 0 Å². The molecule has 0 saturated carbocycles. The average Bonchev–Trinajstić information content (AvgIpc) is 3.13. The fraction of sp³-hybridized carbons (Fsp3) is 0.333. The lowest BCUT2D eigenvalue weighted by Gasteiger charge is -2.32. The number of benzene rings is 1. The van der Waals surface area contributed by atoms with Gasteiger partial charge in [-0.2, -0.15) is 11.3 Å². The van der Waals surface area contributed by atoms with Crippen LogP contribution < -0.4 is 5.32 Å². The van der Waals surface area contributed by atoms with Gasteiger partial charge in [0.05, 0.1) is 16.5 Å². The number of piperidine rings is 1. The summed E-state index contributed by atoms with van der Waals surface area (Å²) >= 11 is 13.4. The van der Waals surface area contributed by atoms with Gasteiger partial charge in [-0.15, -0.1) is 0 Å². The van der Waals surface area contributed by atoms with Crippen molar-refractivity contribution < 1.29 is 9.59 Å². The molecule has 2 heterocycles. The predicted octanol–water partition coefficient (Wildman–Crippen LogP) is 4.02. The average molecular weight is 397 g/mol. The minimum absolute atomic E-state index is 0.0400. The van der Waals surface area contributed by atoms with Gasteiger partial charge in [0, 0.05) is 30.1 Å². The summed E-state index contributed by atoms with van der Waals surface area (Å²) in [7, 11) is 0. The molecule has 1 saturated heterocycles. The van der Waals surface area contributed by atoms with Crippen molar-refractivity contribution in [2.24, 2.45) is 0 Å². The highest BCUT2D eigenvalue weighted by molar-refractivity contribution is 7.08. The van der Waals surface area contributed by atoms with Gasteiger partial charge in [-0.3, -0.25) is 9.59 Å². The molecule has 2 aromatic rings. The highest BCUT2D eigenvalue weighted by atomic mass is 35.5. The minimum Gasteiger partial charge on any atom is -0.349 e. The summed E-state index contributed by atoms with van der Waals surface area (Å²) in [6.07, 6.45) is 1.84. The molecule has 1 aromatic heterocycles. The first-order chi connectivity index (χ1) is 12.0. The second-order valence-corrected chi connectivity index (χ2v) is 7.66. The molecule has 7 heteroatoms. The quantitative estimate of drug-likeness (QED) is 0.847. The number of hydrogen-bond donors (Lipinski definition) is 1. The standard InChI is InChI=1S/C18H18Cl2N2O2S/c19-15-2-1-12(9-16(15)20)10-17(23)22-6-3-14(4-7-22)21-18(24)13-5-8-25-11-13/h1-2,5,8-9,11,14H,3-4,6-7,10H2,(H,21,24). The Morgan fingerprint density at radius 2 is 1.92 bits per heavy atom. The van der Waals surface area contributed by atoms with E-state index in [4.69, 9.17) is 23.2 Å². The van der Waals surface area contributed by atoms with Crippen LogP contribution in [0.15, 0.2) is 35.0 Å². The molecule has 0 aliphatic carbocycles. The van der Waals surface area contributed by atoms with Gasteiger partial charge in [0.15, 0.2) is 0 Å². The highest BCUT2D eigenvalue weighted by Crippen LogP contribution is 2.23. The molecule has 132 valence electrons. The third-order valence-electron chi connectivity index (χ3n) is 4.31. The fourth-order valence-corrected chi connectivity index (χ4v) is 3.83. The number of rotatable bonds is 4. The molecular formula is C18H18Cl2N2O2S. The molecule has 1 fully saturated rings. The van der Waals surface area contributed by atoms with E-state index in [0.717, 1.165) is 18.4 Å². The van der Waals surface area contributed by atoms with Gasteiger partial charge in [0.2, 0.25) is 5.91 Å². The summed E-state index contributed by atoms with van der Waals surface area (Å²) in [6.45, 7) is 1.30. The maximum atomic E-state index is 12.4. The third kappa shape index (κ3) is 4.75. The molecule has 1 aliphatic rings. The fourth-order valence-electron chi connectivity index (χ4n) is 2.87. The van der Waals surface area contributed by atoms with Crippen LogP contribution in [0.25, 0.3) is 0 Å². The Labute approximate surface area is 160 Å². The van der Waals surface area contributed by atoms with Crippen molar-refractivity contribution in [1.29, 1.82) is 0 Å². The molecular weight excluding hydrogens is 379 g/mol. The lowest BCUT2D eigenvalue weighted by Crippen LogP contribution is -2.46. The number of amides is 2. The first-order valence-corrected chi connectivity index (χ1v) is 9.77. The van der Waals surface area contributed by atoms with E-state index in [1.807, 2.05) is 27.8 Å². The number of carbonyl (C=O) groups excluding carboxylic acids is 2. The Morgan fingerprint density at radius 3 is 2.56 bits per heavy atom. The van der Waals surface area contributed by atoms with Gasteiger partial charge in [-0.1, -0.05) is 29.3 Å². The van der Waals surface area contributed by atoms with Gasteiger partial charge in [-0.05, 0) is 42.0 Å². The second-order valence-electron chi connectivity index (χ2n) is 6.07. The van der Waals surface area contributed by atoms with Crippen LogP contribution >= 0.6 is 34.5 Å². The first kappa shape index (κ1) is 18.2. The Hall–Kier alpha value is -1.56. The highest BCUT2D eigenvalue weighted by Gasteiger charge is 2.24. The van der Waals surface area contributed by atoms with Crippen LogP contribution in [-0.2, 0) is 11.2 Å². The van der Waals surface area contributed by atoms with Crippen LogP contribution in [0.4, 0.5) is 0 Å². The third-order valence-corrected chi connectivity index (χ3v) is 5.73. The predicted molar refractivity (Wildman–Crippen MR) is 102 cm³/mol. The van der Waals surface area contributed by atoms with Crippen LogP contribution in [-0.4, -0.2) is 35.8 Å². The number of thiophene rings is 1. The van der Waals surface area contributed by atoms with E-state index in [1.54, 1.807) is 12.1 Å². The summed E-state index contributed by atoms with van der Waals surface area (Å²) in [6, 6.07) is 7.19. The zero-order valence-electron chi connectivity index (χ0n) is 13.5. The molecule has 0 bridgehead atoms. The molecule has 4 nitrogen and oxygen atoms in total. The maximum Gasteiger partial charge on any atom is 0.252 e. The smallest absolute Gasteiger partial charge is 0.252 e. The Balaban J connectivity index is 1.49. The largest absolute Gasteiger partial charge is 0.349 e. The second kappa shape index (κ2) is 8.21. The van der Waals surface area contributed by atoms with Crippen molar-refractivity contribution in [3.63, 3.8) is 0 Å². The Morgan fingerprint density at radius 1 is 1.16 bits per heavy atom. The van der Waals surface area contributed by atoms with Gasteiger partial charge >= 0.3 is 0 Å². The topological polar surface area (TPSA) is 49.4 Å². The number of carbonyl (C=O) groups is 2. The van der Waals surface area contributed by atoms with E-state index in [1.165, 1.54) is 11.3 Å².